The summed E-state index contributed by atoms with van der Waals surface area (Å²) >= 11 is 1.11. The van der Waals surface area contributed by atoms with Gasteiger partial charge in [-0.15, -0.1) is 11.3 Å². The third-order valence-corrected chi connectivity index (χ3v) is 4.38. The number of esters is 1. The average Bonchev–Trinajstić information content (AvgIpc) is 3.14. The number of carbonyl (C=O) groups is 3. The number of thiazole rings is 1. The maximum absolute atomic E-state index is 12.9. The Morgan fingerprint density at radius 2 is 1.63 bits per heavy atom. The molecule has 136 valence electrons. The molecule has 0 fully saturated rings. The molecule has 3 aromatic rings. The molecule has 0 aliphatic carbocycles. The van der Waals surface area contributed by atoms with Crippen molar-refractivity contribution in [1.82, 2.24) is 4.98 Å². The second kappa shape index (κ2) is 8.37. The fourth-order valence-corrected chi connectivity index (χ4v) is 3.12. The first-order valence-corrected chi connectivity index (χ1v) is 9.01. The molecule has 0 spiro atoms. The number of ether oxygens (including phenoxy) is 1. The van der Waals surface area contributed by atoms with Gasteiger partial charge in [0.05, 0.1) is 0 Å². The molecule has 0 saturated carbocycles. The van der Waals surface area contributed by atoms with Gasteiger partial charge < -0.3 is 10.1 Å². The number of hydrogen-bond acceptors (Lipinski definition) is 6. The highest BCUT2D eigenvalue weighted by atomic mass is 32.1. The SMILES string of the molecule is CC(=O)Nc1nc(C(=O)OC(C(=O)c2ccccc2)c2ccccc2)cs1. The Balaban J connectivity index is 1.85. The van der Waals surface area contributed by atoms with Gasteiger partial charge in [-0.3, -0.25) is 9.59 Å². The summed E-state index contributed by atoms with van der Waals surface area (Å²) in [5.74, 6) is -1.35. The summed E-state index contributed by atoms with van der Waals surface area (Å²) in [6, 6.07) is 17.4. The smallest absolute Gasteiger partial charge is 0.358 e. The minimum absolute atomic E-state index is 0.0329. The molecule has 2 aromatic carbocycles. The lowest BCUT2D eigenvalue weighted by molar-refractivity contribution is -0.114. The molecule has 3 rings (SSSR count). The number of carbonyl (C=O) groups excluding carboxylic acids is 3. The normalized spacial score (nSPS) is 11.4. The van der Waals surface area contributed by atoms with Crippen LogP contribution in [0, 0.1) is 0 Å². The van der Waals surface area contributed by atoms with Crippen molar-refractivity contribution in [1.29, 1.82) is 0 Å². The standard InChI is InChI=1S/C20H16N2O4S/c1-13(23)21-20-22-16(12-27-20)19(25)26-18(15-10-6-3-7-11-15)17(24)14-8-4-2-5-9-14/h2-12,18H,1H3,(H,21,22,23). The molecule has 0 aliphatic rings. The van der Waals surface area contributed by atoms with Crippen LogP contribution in [0.25, 0.3) is 0 Å². The third-order valence-electron chi connectivity index (χ3n) is 3.62. The van der Waals surface area contributed by atoms with Gasteiger partial charge in [0.2, 0.25) is 11.7 Å². The predicted octanol–water partition coefficient (Wildman–Crippen LogP) is 3.88. The van der Waals surface area contributed by atoms with Crippen molar-refractivity contribution in [2.45, 2.75) is 13.0 Å². The molecule has 0 saturated heterocycles. The minimum atomic E-state index is -1.09. The zero-order valence-electron chi connectivity index (χ0n) is 14.4. The molecule has 1 amide bonds. The molecule has 0 bridgehead atoms. The summed E-state index contributed by atoms with van der Waals surface area (Å²) in [6.07, 6.45) is -1.09. The van der Waals surface area contributed by atoms with Gasteiger partial charge in [-0.1, -0.05) is 60.7 Å². The van der Waals surface area contributed by atoms with E-state index in [4.69, 9.17) is 4.74 Å². The van der Waals surface area contributed by atoms with Crippen LogP contribution in [0.4, 0.5) is 5.13 Å². The summed E-state index contributed by atoms with van der Waals surface area (Å²) in [5.41, 5.74) is 1.04. The molecule has 7 heteroatoms. The van der Waals surface area contributed by atoms with Crippen LogP contribution in [-0.4, -0.2) is 22.6 Å². The van der Waals surface area contributed by atoms with Crippen molar-refractivity contribution >= 4 is 34.1 Å². The number of Topliss-reactive ketones (excluding diaryl/α,β-unsaturated/α-hetero) is 1. The quantitative estimate of drug-likeness (QED) is 0.518. The van der Waals surface area contributed by atoms with Crippen molar-refractivity contribution in [3.63, 3.8) is 0 Å². The van der Waals surface area contributed by atoms with Crippen molar-refractivity contribution in [3.8, 4) is 0 Å². The highest BCUT2D eigenvalue weighted by molar-refractivity contribution is 7.14. The topological polar surface area (TPSA) is 85.4 Å². The number of nitrogens with zero attached hydrogens (tertiary/aromatic N) is 1. The number of nitrogens with one attached hydrogen (secondary N) is 1. The second-order valence-corrected chi connectivity index (χ2v) is 6.50. The van der Waals surface area contributed by atoms with Crippen molar-refractivity contribution in [2.75, 3.05) is 5.32 Å². The first-order valence-electron chi connectivity index (χ1n) is 8.13. The number of hydrogen-bond donors (Lipinski definition) is 1. The van der Waals surface area contributed by atoms with Crippen LogP contribution < -0.4 is 5.32 Å². The molecular formula is C20H16N2O4S. The van der Waals surface area contributed by atoms with E-state index in [-0.39, 0.29) is 17.4 Å². The molecule has 1 aromatic heterocycles. The molecule has 6 nitrogen and oxygen atoms in total. The fourth-order valence-electron chi connectivity index (χ4n) is 2.40. The lowest BCUT2D eigenvalue weighted by Gasteiger charge is -2.17. The zero-order valence-corrected chi connectivity index (χ0v) is 15.2. The summed E-state index contributed by atoms with van der Waals surface area (Å²) in [5, 5.41) is 4.27. The van der Waals surface area contributed by atoms with Crippen molar-refractivity contribution < 1.29 is 19.1 Å². The Bertz CT molecular complexity index is 954. The number of benzene rings is 2. The lowest BCUT2D eigenvalue weighted by atomic mass is 10.00. The van der Waals surface area contributed by atoms with Gasteiger partial charge in [-0.25, -0.2) is 9.78 Å². The Labute approximate surface area is 159 Å². The molecule has 0 radical (unpaired) electrons. The van der Waals surface area contributed by atoms with E-state index in [1.54, 1.807) is 54.6 Å². The van der Waals surface area contributed by atoms with E-state index in [0.29, 0.717) is 16.3 Å². The first-order chi connectivity index (χ1) is 13.0. The molecule has 27 heavy (non-hydrogen) atoms. The van der Waals surface area contributed by atoms with Gasteiger partial charge in [0, 0.05) is 23.4 Å². The summed E-state index contributed by atoms with van der Waals surface area (Å²) in [7, 11) is 0. The third kappa shape index (κ3) is 4.65. The highest BCUT2D eigenvalue weighted by Gasteiger charge is 2.27. The van der Waals surface area contributed by atoms with Gasteiger partial charge in [-0.2, -0.15) is 0 Å². The highest BCUT2D eigenvalue weighted by Crippen LogP contribution is 2.25. The Hall–Kier alpha value is -3.32. The van der Waals surface area contributed by atoms with Gasteiger partial charge in [-0.05, 0) is 0 Å². The summed E-state index contributed by atoms with van der Waals surface area (Å²) in [6.45, 7) is 1.35. The number of rotatable bonds is 6. The fraction of sp³-hybridized carbons (Fsp3) is 0.100. The largest absolute Gasteiger partial charge is 0.444 e. The molecule has 1 atom stereocenters. The van der Waals surface area contributed by atoms with Crippen molar-refractivity contribution in [3.05, 3.63) is 82.9 Å². The van der Waals surface area contributed by atoms with E-state index in [9.17, 15) is 14.4 Å². The van der Waals surface area contributed by atoms with Crippen LogP contribution in [-0.2, 0) is 9.53 Å². The van der Waals surface area contributed by atoms with Gasteiger partial charge in [0.15, 0.2) is 16.9 Å². The molecular weight excluding hydrogens is 364 g/mol. The Morgan fingerprint density at radius 1 is 1.00 bits per heavy atom. The maximum Gasteiger partial charge on any atom is 0.358 e. The average molecular weight is 380 g/mol. The lowest BCUT2D eigenvalue weighted by Crippen LogP contribution is -2.20. The number of amides is 1. The Kier molecular flexibility index (Phi) is 5.73. The Morgan fingerprint density at radius 3 is 2.26 bits per heavy atom. The number of aromatic nitrogens is 1. The van der Waals surface area contributed by atoms with Crippen LogP contribution >= 0.6 is 11.3 Å². The van der Waals surface area contributed by atoms with Gasteiger partial charge in [0.25, 0.3) is 0 Å². The van der Waals surface area contributed by atoms with E-state index >= 15 is 0 Å². The minimum Gasteiger partial charge on any atom is -0.444 e. The maximum atomic E-state index is 12.9. The van der Waals surface area contributed by atoms with E-state index < -0.39 is 12.1 Å². The van der Waals surface area contributed by atoms with Gasteiger partial charge in [0.1, 0.15) is 0 Å². The van der Waals surface area contributed by atoms with E-state index in [1.165, 1.54) is 12.3 Å². The molecule has 1 heterocycles. The second-order valence-electron chi connectivity index (χ2n) is 5.65. The molecule has 1 unspecified atom stereocenters. The van der Waals surface area contributed by atoms with Gasteiger partial charge >= 0.3 is 5.97 Å². The monoisotopic (exact) mass is 380 g/mol. The molecule has 1 N–H and O–H groups in total. The zero-order chi connectivity index (χ0) is 19.2. The first kappa shape index (κ1) is 18.5. The number of ketones is 1. The number of anilines is 1. The summed E-state index contributed by atoms with van der Waals surface area (Å²) < 4.78 is 5.50. The van der Waals surface area contributed by atoms with Crippen LogP contribution in [0.5, 0.6) is 0 Å². The van der Waals surface area contributed by atoms with Crippen LogP contribution in [0.15, 0.2) is 66.0 Å². The van der Waals surface area contributed by atoms with E-state index in [0.717, 1.165) is 11.3 Å². The van der Waals surface area contributed by atoms with Crippen LogP contribution in [0.2, 0.25) is 0 Å². The predicted molar refractivity (Wildman–Crippen MR) is 102 cm³/mol. The van der Waals surface area contributed by atoms with Crippen LogP contribution in [0.1, 0.15) is 39.4 Å². The summed E-state index contributed by atoms with van der Waals surface area (Å²) in [4.78, 5) is 40.6. The van der Waals surface area contributed by atoms with E-state index in [2.05, 4.69) is 10.3 Å². The van der Waals surface area contributed by atoms with Crippen molar-refractivity contribution in [2.24, 2.45) is 0 Å². The molecule has 0 aliphatic heterocycles. The van der Waals surface area contributed by atoms with Crippen LogP contribution in [0.3, 0.4) is 0 Å². The van der Waals surface area contributed by atoms with E-state index in [1.807, 2.05) is 6.07 Å².